The Morgan fingerprint density at radius 2 is 1.81 bits per heavy atom. The molecule has 0 bridgehead atoms. The van der Waals surface area contributed by atoms with Gasteiger partial charge in [-0.15, -0.1) is 11.8 Å². The number of hydrogen-bond donors (Lipinski definition) is 1. The fourth-order valence-electron chi connectivity index (χ4n) is 1.75. The van der Waals surface area contributed by atoms with E-state index in [0.29, 0.717) is 18.7 Å². The minimum absolute atomic E-state index is 0.0199. The number of aliphatic carboxylic acids is 1. The van der Waals surface area contributed by atoms with Crippen LogP contribution in [0.1, 0.15) is 33.6 Å². The summed E-state index contributed by atoms with van der Waals surface area (Å²) in [4.78, 5) is 24.7. The van der Waals surface area contributed by atoms with Crippen molar-refractivity contribution in [2.24, 2.45) is 0 Å². The van der Waals surface area contributed by atoms with E-state index in [9.17, 15) is 9.59 Å². The maximum atomic E-state index is 12.4. The lowest BCUT2D eigenvalue weighted by molar-refractivity contribution is -0.137. The molecule has 1 aromatic carbocycles. The van der Waals surface area contributed by atoms with E-state index in [2.05, 4.69) is 20.8 Å². The SMILES string of the molecule is CC(C)(C)SCC(=O)N(CCCC(=O)O)c1ccccc1. The summed E-state index contributed by atoms with van der Waals surface area (Å²) in [7, 11) is 0. The summed E-state index contributed by atoms with van der Waals surface area (Å²) in [6.07, 6.45) is 0.527. The molecule has 0 radical (unpaired) electrons. The van der Waals surface area contributed by atoms with Crippen LogP contribution >= 0.6 is 11.8 Å². The molecule has 1 amide bonds. The van der Waals surface area contributed by atoms with Gasteiger partial charge in [0.25, 0.3) is 0 Å². The predicted octanol–water partition coefficient (Wildman–Crippen LogP) is 3.42. The molecule has 0 saturated heterocycles. The Kier molecular flexibility index (Phi) is 6.75. The van der Waals surface area contributed by atoms with E-state index in [0.717, 1.165) is 5.69 Å². The van der Waals surface area contributed by atoms with Crippen molar-refractivity contribution in [3.8, 4) is 0 Å². The molecule has 5 heteroatoms. The highest BCUT2D eigenvalue weighted by Gasteiger charge is 2.19. The van der Waals surface area contributed by atoms with Crippen LogP contribution in [0.15, 0.2) is 30.3 Å². The van der Waals surface area contributed by atoms with E-state index < -0.39 is 5.97 Å². The third-order valence-corrected chi connectivity index (χ3v) is 4.03. The molecule has 0 aliphatic carbocycles. The number of carbonyl (C=O) groups excluding carboxylic acids is 1. The first kappa shape index (κ1) is 17.6. The van der Waals surface area contributed by atoms with Crippen molar-refractivity contribution in [3.05, 3.63) is 30.3 Å². The lowest BCUT2D eigenvalue weighted by Gasteiger charge is -2.25. The molecule has 1 N–H and O–H groups in total. The summed E-state index contributed by atoms with van der Waals surface area (Å²) in [6, 6.07) is 9.40. The minimum atomic E-state index is -0.834. The fourth-order valence-corrected chi connectivity index (χ4v) is 2.46. The maximum absolute atomic E-state index is 12.4. The van der Waals surface area contributed by atoms with Crippen LogP contribution in [-0.4, -0.2) is 34.0 Å². The molecule has 4 nitrogen and oxygen atoms in total. The molecule has 1 aromatic rings. The second kappa shape index (κ2) is 8.08. The van der Waals surface area contributed by atoms with Crippen molar-refractivity contribution in [1.82, 2.24) is 0 Å². The van der Waals surface area contributed by atoms with Crippen LogP contribution in [0.3, 0.4) is 0 Å². The average molecular weight is 309 g/mol. The van der Waals surface area contributed by atoms with Crippen LogP contribution in [0.25, 0.3) is 0 Å². The number of carboxylic acids is 1. The Hall–Kier alpha value is -1.49. The van der Waals surface area contributed by atoms with Crippen molar-refractivity contribution >= 4 is 29.3 Å². The molecule has 0 fully saturated rings. The molecule has 0 heterocycles. The Labute approximate surface area is 130 Å². The summed E-state index contributed by atoms with van der Waals surface area (Å²) < 4.78 is 0.0269. The van der Waals surface area contributed by atoms with Crippen LogP contribution in [0.4, 0.5) is 5.69 Å². The van der Waals surface area contributed by atoms with E-state index in [4.69, 9.17) is 5.11 Å². The number of carboxylic acid groups (broad SMARTS) is 1. The van der Waals surface area contributed by atoms with Gasteiger partial charge in [-0.25, -0.2) is 0 Å². The van der Waals surface area contributed by atoms with Gasteiger partial charge < -0.3 is 10.0 Å². The van der Waals surface area contributed by atoms with Crippen molar-refractivity contribution in [1.29, 1.82) is 0 Å². The Bertz CT molecular complexity index is 468. The zero-order chi connectivity index (χ0) is 15.9. The molecule has 0 unspecified atom stereocenters. The van der Waals surface area contributed by atoms with Crippen molar-refractivity contribution in [2.75, 3.05) is 17.2 Å². The molecule has 1 rings (SSSR count). The molecular formula is C16H23NO3S. The van der Waals surface area contributed by atoms with Gasteiger partial charge in [0.05, 0.1) is 5.75 Å². The highest BCUT2D eigenvalue weighted by molar-refractivity contribution is 8.01. The third-order valence-electron chi connectivity index (χ3n) is 2.77. The number of anilines is 1. The molecule has 0 atom stereocenters. The standard InChI is InChI=1S/C16H23NO3S/c1-16(2,3)21-12-14(18)17(11-7-10-15(19)20)13-8-5-4-6-9-13/h4-6,8-9H,7,10-12H2,1-3H3,(H,19,20). The normalized spacial score (nSPS) is 11.2. The Balaban J connectivity index is 2.72. The van der Waals surface area contributed by atoms with Gasteiger partial charge in [-0.3, -0.25) is 9.59 Å². The lowest BCUT2D eigenvalue weighted by atomic mass is 10.2. The van der Waals surface area contributed by atoms with Gasteiger partial charge in [-0.1, -0.05) is 39.0 Å². The quantitative estimate of drug-likeness (QED) is 0.838. The van der Waals surface area contributed by atoms with Gasteiger partial charge in [0.15, 0.2) is 0 Å². The number of amides is 1. The smallest absolute Gasteiger partial charge is 0.303 e. The van der Waals surface area contributed by atoms with Gasteiger partial charge >= 0.3 is 5.97 Å². The molecule has 21 heavy (non-hydrogen) atoms. The topological polar surface area (TPSA) is 57.6 Å². The number of nitrogens with zero attached hydrogens (tertiary/aromatic N) is 1. The second-order valence-corrected chi connectivity index (χ2v) is 7.58. The molecule has 0 saturated carbocycles. The van der Waals surface area contributed by atoms with Crippen LogP contribution in [0.2, 0.25) is 0 Å². The fraction of sp³-hybridized carbons (Fsp3) is 0.500. The van der Waals surface area contributed by atoms with Crippen LogP contribution in [-0.2, 0) is 9.59 Å². The van der Waals surface area contributed by atoms with Gasteiger partial charge in [0.2, 0.25) is 5.91 Å². The van der Waals surface area contributed by atoms with Crippen LogP contribution in [0, 0.1) is 0 Å². The molecule has 0 aromatic heterocycles. The van der Waals surface area contributed by atoms with Crippen molar-refractivity contribution in [2.45, 2.75) is 38.4 Å². The summed E-state index contributed by atoms with van der Waals surface area (Å²) in [6.45, 7) is 6.65. The van der Waals surface area contributed by atoms with Crippen LogP contribution < -0.4 is 4.90 Å². The van der Waals surface area contributed by atoms with Crippen molar-refractivity contribution < 1.29 is 14.7 Å². The van der Waals surface area contributed by atoms with Crippen LogP contribution in [0.5, 0.6) is 0 Å². The summed E-state index contributed by atoms with van der Waals surface area (Å²) >= 11 is 1.60. The average Bonchev–Trinajstić information content (AvgIpc) is 2.41. The molecule has 0 aliphatic heterocycles. The Morgan fingerprint density at radius 3 is 2.33 bits per heavy atom. The van der Waals surface area contributed by atoms with Gasteiger partial charge in [-0.05, 0) is 18.6 Å². The molecule has 0 spiro atoms. The van der Waals surface area contributed by atoms with E-state index in [1.165, 1.54) is 0 Å². The predicted molar refractivity (Wildman–Crippen MR) is 87.9 cm³/mol. The summed E-state index contributed by atoms with van der Waals surface area (Å²) in [5.41, 5.74) is 0.822. The minimum Gasteiger partial charge on any atom is -0.481 e. The third kappa shape index (κ3) is 7.18. The first-order valence-corrected chi connectivity index (χ1v) is 7.99. The number of thioether (sulfide) groups is 1. The highest BCUT2D eigenvalue weighted by Crippen LogP contribution is 2.24. The number of rotatable bonds is 7. The zero-order valence-electron chi connectivity index (χ0n) is 12.8. The van der Waals surface area contributed by atoms with E-state index in [1.54, 1.807) is 16.7 Å². The van der Waals surface area contributed by atoms with Gasteiger partial charge in [0, 0.05) is 23.4 Å². The number of hydrogen-bond acceptors (Lipinski definition) is 3. The summed E-state index contributed by atoms with van der Waals surface area (Å²) in [5, 5.41) is 8.74. The largest absolute Gasteiger partial charge is 0.481 e. The summed E-state index contributed by atoms with van der Waals surface area (Å²) in [5.74, 6) is -0.420. The number of benzene rings is 1. The number of para-hydroxylation sites is 1. The molecular weight excluding hydrogens is 286 g/mol. The first-order chi connectivity index (χ1) is 9.79. The Morgan fingerprint density at radius 1 is 1.19 bits per heavy atom. The second-order valence-electron chi connectivity index (χ2n) is 5.78. The van der Waals surface area contributed by atoms with E-state index in [1.807, 2.05) is 30.3 Å². The lowest BCUT2D eigenvalue weighted by Crippen LogP contribution is -2.34. The molecule has 0 aliphatic rings. The maximum Gasteiger partial charge on any atom is 0.303 e. The monoisotopic (exact) mass is 309 g/mol. The molecule has 116 valence electrons. The highest BCUT2D eigenvalue weighted by atomic mass is 32.2. The van der Waals surface area contributed by atoms with E-state index in [-0.39, 0.29) is 17.1 Å². The van der Waals surface area contributed by atoms with Crippen molar-refractivity contribution in [3.63, 3.8) is 0 Å². The van der Waals surface area contributed by atoms with Gasteiger partial charge in [-0.2, -0.15) is 0 Å². The van der Waals surface area contributed by atoms with Gasteiger partial charge in [0.1, 0.15) is 0 Å². The first-order valence-electron chi connectivity index (χ1n) is 7.01. The zero-order valence-corrected chi connectivity index (χ0v) is 13.7. The number of carbonyl (C=O) groups is 2. The van der Waals surface area contributed by atoms with E-state index >= 15 is 0 Å².